The lowest BCUT2D eigenvalue weighted by molar-refractivity contribution is 0.458. The van der Waals surface area contributed by atoms with Gasteiger partial charge in [0.05, 0.1) is 5.69 Å². The number of nitrogens with one attached hydrogen (secondary N) is 1. The van der Waals surface area contributed by atoms with Crippen LogP contribution in [0.3, 0.4) is 0 Å². The molecule has 1 aromatic rings. The molecule has 1 aliphatic heterocycles. The smallest absolute Gasteiger partial charge is 0.149 e. The highest BCUT2D eigenvalue weighted by atomic mass is 19.1. The van der Waals surface area contributed by atoms with Crippen LogP contribution in [0.25, 0.3) is 0 Å². The van der Waals surface area contributed by atoms with Crippen molar-refractivity contribution in [3.8, 4) is 0 Å². The van der Waals surface area contributed by atoms with E-state index in [2.05, 4.69) is 5.32 Å². The fourth-order valence-corrected chi connectivity index (χ4v) is 3.30. The number of rotatable bonds is 2. The Kier molecular flexibility index (Phi) is 2.77. The topological polar surface area (TPSA) is 12.0 Å². The zero-order valence-corrected chi connectivity index (χ0v) is 9.81. The van der Waals surface area contributed by atoms with Crippen LogP contribution in [0.4, 0.5) is 14.5 Å². The minimum Gasteiger partial charge on any atom is -0.382 e. The summed E-state index contributed by atoms with van der Waals surface area (Å²) in [4.78, 5) is 0. The number of benzene rings is 1. The molecule has 0 aromatic heterocycles. The van der Waals surface area contributed by atoms with Gasteiger partial charge < -0.3 is 5.32 Å². The van der Waals surface area contributed by atoms with E-state index in [1.54, 1.807) is 0 Å². The first-order valence-corrected chi connectivity index (χ1v) is 6.47. The lowest BCUT2D eigenvalue weighted by Gasteiger charge is -2.15. The van der Waals surface area contributed by atoms with Crippen molar-refractivity contribution >= 4 is 5.69 Å². The average molecular weight is 237 g/mol. The molecule has 1 heterocycles. The SMILES string of the molecule is Fc1cc(F)c2c(c1)C(CC1CCCC1)CN2. The van der Waals surface area contributed by atoms with Crippen molar-refractivity contribution < 1.29 is 8.78 Å². The molecule has 1 aliphatic carbocycles. The van der Waals surface area contributed by atoms with Gasteiger partial charge in [0.2, 0.25) is 0 Å². The van der Waals surface area contributed by atoms with Crippen molar-refractivity contribution in [1.82, 2.24) is 0 Å². The van der Waals surface area contributed by atoms with Gasteiger partial charge in [0.25, 0.3) is 0 Å². The van der Waals surface area contributed by atoms with Gasteiger partial charge >= 0.3 is 0 Å². The molecule has 1 N–H and O–H groups in total. The van der Waals surface area contributed by atoms with E-state index in [-0.39, 0.29) is 0 Å². The van der Waals surface area contributed by atoms with E-state index in [4.69, 9.17) is 0 Å². The predicted octanol–water partition coefficient (Wildman–Crippen LogP) is 4.05. The van der Waals surface area contributed by atoms with Crippen molar-refractivity contribution in [3.63, 3.8) is 0 Å². The van der Waals surface area contributed by atoms with Gasteiger partial charge in [0.15, 0.2) is 0 Å². The molecule has 3 rings (SSSR count). The zero-order chi connectivity index (χ0) is 11.8. The maximum Gasteiger partial charge on any atom is 0.149 e. The summed E-state index contributed by atoms with van der Waals surface area (Å²) in [6, 6.07) is 2.46. The maximum absolute atomic E-state index is 13.5. The zero-order valence-electron chi connectivity index (χ0n) is 9.81. The van der Waals surface area contributed by atoms with Gasteiger partial charge in [-0.15, -0.1) is 0 Å². The van der Waals surface area contributed by atoms with Crippen LogP contribution in [0.5, 0.6) is 0 Å². The van der Waals surface area contributed by atoms with Crippen molar-refractivity contribution in [1.29, 1.82) is 0 Å². The molecule has 2 aliphatic rings. The van der Waals surface area contributed by atoms with Crippen LogP contribution in [0.1, 0.15) is 43.6 Å². The number of halogens is 2. The maximum atomic E-state index is 13.5. The van der Waals surface area contributed by atoms with E-state index >= 15 is 0 Å². The highest BCUT2D eigenvalue weighted by molar-refractivity contribution is 5.58. The van der Waals surface area contributed by atoms with Crippen LogP contribution in [-0.4, -0.2) is 6.54 Å². The van der Waals surface area contributed by atoms with Crippen molar-refractivity contribution in [2.45, 2.75) is 38.0 Å². The molecule has 1 saturated carbocycles. The normalized spacial score (nSPS) is 23.8. The number of anilines is 1. The van der Waals surface area contributed by atoms with Crippen molar-refractivity contribution in [3.05, 3.63) is 29.3 Å². The second kappa shape index (κ2) is 4.28. The van der Waals surface area contributed by atoms with Crippen LogP contribution in [0, 0.1) is 17.6 Å². The molecule has 1 nitrogen and oxygen atoms in total. The lowest BCUT2D eigenvalue weighted by atomic mass is 9.89. The van der Waals surface area contributed by atoms with Crippen LogP contribution >= 0.6 is 0 Å². The molecule has 0 bridgehead atoms. The summed E-state index contributed by atoms with van der Waals surface area (Å²) in [6.07, 6.45) is 6.26. The van der Waals surface area contributed by atoms with E-state index in [1.165, 1.54) is 31.7 Å². The minimum absolute atomic E-state index is 0.290. The highest BCUT2D eigenvalue weighted by Crippen LogP contribution is 2.41. The van der Waals surface area contributed by atoms with Crippen molar-refractivity contribution in [2.75, 3.05) is 11.9 Å². The third kappa shape index (κ3) is 2.03. The summed E-state index contributed by atoms with van der Waals surface area (Å²) in [5.74, 6) is 0.132. The summed E-state index contributed by atoms with van der Waals surface area (Å²) in [5.41, 5.74) is 1.36. The minimum atomic E-state index is -0.457. The first-order valence-electron chi connectivity index (χ1n) is 6.47. The molecule has 0 saturated heterocycles. The summed E-state index contributed by atoms with van der Waals surface area (Å²) >= 11 is 0. The van der Waals surface area contributed by atoms with Gasteiger partial charge in [0, 0.05) is 18.5 Å². The van der Waals surface area contributed by atoms with E-state index in [9.17, 15) is 8.78 Å². The highest BCUT2D eigenvalue weighted by Gasteiger charge is 2.29. The van der Waals surface area contributed by atoms with Crippen LogP contribution < -0.4 is 5.32 Å². The molecule has 1 atom stereocenters. The monoisotopic (exact) mass is 237 g/mol. The number of fused-ring (bicyclic) bond motifs is 1. The van der Waals surface area contributed by atoms with Gasteiger partial charge in [0.1, 0.15) is 11.6 Å². The molecular formula is C14H17F2N. The van der Waals surface area contributed by atoms with Crippen LogP contribution in [0.15, 0.2) is 12.1 Å². The molecule has 0 amide bonds. The van der Waals surface area contributed by atoms with Gasteiger partial charge in [-0.1, -0.05) is 25.7 Å². The molecule has 17 heavy (non-hydrogen) atoms. The van der Waals surface area contributed by atoms with Crippen molar-refractivity contribution in [2.24, 2.45) is 5.92 Å². The van der Waals surface area contributed by atoms with Gasteiger partial charge in [-0.25, -0.2) is 8.78 Å². The van der Waals surface area contributed by atoms with E-state index < -0.39 is 11.6 Å². The first-order chi connectivity index (χ1) is 8.24. The Hall–Kier alpha value is -1.12. The molecule has 92 valence electrons. The van der Waals surface area contributed by atoms with E-state index in [0.717, 1.165) is 30.5 Å². The standard InChI is InChI=1S/C14H17F2N/c15-11-6-12-10(5-9-3-1-2-4-9)8-17-14(12)13(16)7-11/h6-7,9-10,17H,1-5,8H2. The fraction of sp³-hybridized carbons (Fsp3) is 0.571. The molecule has 1 aromatic carbocycles. The van der Waals surface area contributed by atoms with Gasteiger partial charge in [-0.05, 0) is 24.0 Å². The Bertz CT molecular complexity index is 424. The Morgan fingerprint density at radius 1 is 1.18 bits per heavy atom. The lowest BCUT2D eigenvalue weighted by Crippen LogP contribution is -2.07. The molecular weight excluding hydrogens is 220 g/mol. The second-order valence-electron chi connectivity index (χ2n) is 5.32. The van der Waals surface area contributed by atoms with Gasteiger partial charge in [-0.3, -0.25) is 0 Å². The summed E-state index contributed by atoms with van der Waals surface area (Å²) < 4.78 is 26.8. The third-order valence-electron chi connectivity index (χ3n) is 4.14. The fourth-order valence-electron chi connectivity index (χ4n) is 3.30. The van der Waals surface area contributed by atoms with Crippen LogP contribution in [0.2, 0.25) is 0 Å². The van der Waals surface area contributed by atoms with Crippen LogP contribution in [-0.2, 0) is 0 Å². The Morgan fingerprint density at radius 2 is 1.94 bits per heavy atom. The Labute approximate surface area is 100 Å². The number of hydrogen-bond acceptors (Lipinski definition) is 1. The van der Waals surface area contributed by atoms with E-state index in [0.29, 0.717) is 11.6 Å². The summed E-state index contributed by atoms with van der Waals surface area (Å²) in [7, 11) is 0. The predicted molar refractivity (Wildman–Crippen MR) is 64.2 cm³/mol. The largest absolute Gasteiger partial charge is 0.382 e. The molecule has 3 heteroatoms. The molecule has 0 radical (unpaired) electrons. The summed E-state index contributed by atoms with van der Waals surface area (Å²) in [5, 5.41) is 3.08. The molecule has 1 unspecified atom stereocenters. The first kappa shape index (κ1) is 11.0. The van der Waals surface area contributed by atoms with Gasteiger partial charge in [-0.2, -0.15) is 0 Å². The second-order valence-corrected chi connectivity index (χ2v) is 5.32. The van der Waals surface area contributed by atoms with E-state index in [1.807, 2.05) is 0 Å². The third-order valence-corrected chi connectivity index (χ3v) is 4.14. The Balaban J connectivity index is 1.82. The molecule has 1 fully saturated rings. The molecule has 0 spiro atoms. The number of hydrogen-bond donors (Lipinski definition) is 1. The quantitative estimate of drug-likeness (QED) is 0.818. The Morgan fingerprint density at radius 3 is 2.71 bits per heavy atom. The summed E-state index contributed by atoms with van der Waals surface area (Å²) in [6.45, 7) is 0.756. The average Bonchev–Trinajstić information content (AvgIpc) is 2.89.